The molecular formula is C93H70BN5S2. The van der Waals surface area contributed by atoms with E-state index in [4.69, 9.17) is 7.73 Å². The number of hydrogen-bond donors (Lipinski definition) is 0. The van der Waals surface area contributed by atoms with Gasteiger partial charge in [0.05, 0.1) is 45.1 Å². The minimum Gasteiger partial charge on any atom is -0.313 e. The first-order valence-electron chi connectivity index (χ1n) is 38.7. The van der Waals surface area contributed by atoms with E-state index < -0.39 is 18.8 Å². The second-order valence-corrected chi connectivity index (χ2v) is 31.2. The average molecular weight is 1340 g/mol. The van der Waals surface area contributed by atoms with Crippen molar-refractivity contribution >= 4 is 159 Å². The Morgan fingerprint density at radius 2 is 1.02 bits per heavy atom. The van der Waals surface area contributed by atoms with Crippen LogP contribution < -0.4 is 26.2 Å². The fourth-order valence-corrected chi connectivity index (χ4v) is 18.8. The van der Waals surface area contributed by atoms with Gasteiger partial charge < -0.3 is 18.9 Å². The second kappa shape index (κ2) is 22.6. The molecule has 8 heteroatoms. The molecule has 482 valence electrons. The molecule has 5 nitrogen and oxygen atoms in total. The van der Waals surface area contributed by atoms with Gasteiger partial charge in [-0.15, -0.1) is 22.7 Å². The summed E-state index contributed by atoms with van der Waals surface area (Å²) in [5.41, 5.74) is 20.9. The summed E-state index contributed by atoms with van der Waals surface area (Å²) in [5.74, 6) is 0. The predicted molar refractivity (Wildman–Crippen MR) is 435 cm³/mol. The number of pyridine rings is 1. The average Bonchev–Trinajstić information content (AvgIpc) is 1.13. The molecule has 17 aromatic rings. The van der Waals surface area contributed by atoms with Crippen LogP contribution >= 0.6 is 22.7 Å². The summed E-state index contributed by atoms with van der Waals surface area (Å²) in [5, 5.41) is 7.25. The standard InChI is InChI=1S/C93H70BN5S2/c1-92(2,3)60-38-44-78(71(52-60)57-24-11-9-12-25-57)98-80-54-62(96-75-34-16-8-7-15-28-65(75)66-29-17-20-35-76(66)96)40-42-73(80)94-74-43-41-63(97-77-36-21-18-30-67(77)68-48-49-95-56-84(68)97)55-81(74)99(79-45-39-61(93(4,5)6)53-72(79)58-26-13-10-14-27-58)83-51-59(50-82(98)90(83)94)64-32-23-33-70-89-87(101-91(64)70)47-46-86-88(89)69-31-19-22-37-85(69)100-86/h8-33,35-56H,7,34H2,1-6H3/b16-8-,28-15-/i8D,15D,16D,17D,20D,28D,29D,35D. The number of allylic oxidation sites excluding steroid dienone is 3. The van der Waals surface area contributed by atoms with Crippen molar-refractivity contribution in [2.45, 2.75) is 65.2 Å². The molecule has 20 rings (SSSR count). The summed E-state index contributed by atoms with van der Waals surface area (Å²) < 4.78 is 84.8. The van der Waals surface area contributed by atoms with E-state index in [0.29, 0.717) is 11.4 Å². The molecule has 0 fully saturated rings. The van der Waals surface area contributed by atoms with Gasteiger partial charge in [0, 0.05) is 126 Å². The van der Waals surface area contributed by atoms with Crippen molar-refractivity contribution in [3.05, 3.63) is 308 Å². The van der Waals surface area contributed by atoms with E-state index in [1.807, 2.05) is 41.1 Å². The van der Waals surface area contributed by atoms with Crippen LogP contribution in [0.25, 0.3) is 124 Å². The van der Waals surface area contributed by atoms with Gasteiger partial charge in [0.25, 0.3) is 6.71 Å². The van der Waals surface area contributed by atoms with Crippen molar-refractivity contribution in [3.8, 4) is 44.8 Å². The van der Waals surface area contributed by atoms with Crippen LogP contribution in [0.3, 0.4) is 0 Å². The highest BCUT2D eigenvalue weighted by atomic mass is 32.1. The van der Waals surface area contributed by atoms with Crippen molar-refractivity contribution in [1.29, 1.82) is 0 Å². The Hall–Kier alpha value is -11.3. The Bertz CT molecular complexity index is 6840. The van der Waals surface area contributed by atoms with E-state index in [-0.39, 0.29) is 76.4 Å². The summed E-state index contributed by atoms with van der Waals surface area (Å²) in [6.07, 6.45) is 3.41. The van der Waals surface area contributed by atoms with Gasteiger partial charge in [-0.1, -0.05) is 223 Å². The Morgan fingerprint density at radius 3 is 1.70 bits per heavy atom. The first kappa shape index (κ1) is 51.8. The predicted octanol–water partition coefficient (Wildman–Crippen LogP) is 24.1. The van der Waals surface area contributed by atoms with E-state index in [2.05, 4.69) is 280 Å². The van der Waals surface area contributed by atoms with Gasteiger partial charge in [-0.3, -0.25) is 4.98 Å². The number of thiophene rings is 2. The van der Waals surface area contributed by atoms with Gasteiger partial charge in [0.2, 0.25) is 0 Å². The molecule has 2 aliphatic heterocycles. The van der Waals surface area contributed by atoms with Crippen molar-refractivity contribution in [2.75, 3.05) is 9.80 Å². The number of rotatable bonds is 7. The van der Waals surface area contributed by atoms with Crippen LogP contribution in [-0.2, 0) is 17.3 Å². The van der Waals surface area contributed by atoms with Crippen LogP contribution in [0, 0.1) is 0 Å². The van der Waals surface area contributed by atoms with E-state index in [1.54, 1.807) is 4.57 Å². The number of hydrogen-bond acceptors (Lipinski definition) is 5. The number of aromatic nitrogens is 3. The maximum Gasteiger partial charge on any atom is 0.252 e. The zero-order chi connectivity index (χ0) is 74.5. The van der Waals surface area contributed by atoms with Crippen LogP contribution in [0.5, 0.6) is 0 Å². The van der Waals surface area contributed by atoms with Gasteiger partial charge in [0.1, 0.15) is 0 Å². The highest BCUT2D eigenvalue weighted by Gasteiger charge is 2.45. The number of benzene rings is 12. The molecule has 0 saturated heterocycles. The maximum atomic E-state index is 9.91. The molecule has 0 N–H and O–H groups in total. The zero-order valence-electron chi connectivity index (χ0n) is 64.6. The molecule has 0 spiro atoms. The lowest BCUT2D eigenvalue weighted by molar-refractivity contribution is 0.590. The van der Waals surface area contributed by atoms with E-state index in [1.165, 1.54) is 41.2 Å². The van der Waals surface area contributed by atoms with Gasteiger partial charge in [-0.2, -0.15) is 0 Å². The number of fused-ring (bicyclic) bond motifs is 17. The molecule has 0 unspecified atom stereocenters. The molecule has 7 heterocycles. The minimum absolute atomic E-state index is 0.0667. The van der Waals surface area contributed by atoms with E-state index in [9.17, 15) is 8.22 Å². The normalized spacial score (nSPS) is 16.6. The van der Waals surface area contributed by atoms with E-state index in [0.717, 1.165) is 122 Å². The molecule has 12 aromatic carbocycles. The summed E-state index contributed by atoms with van der Waals surface area (Å²) >= 11 is 3.67. The van der Waals surface area contributed by atoms with Crippen LogP contribution in [-0.4, -0.2) is 20.8 Å². The van der Waals surface area contributed by atoms with Crippen molar-refractivity contribution in [2.24, 2.45) is 0 Å². The smallest absolute Gasteiger partial charge is 0.252 e. The monoisotopic (exact) mass is 1340 g/mol. The number of para-hydroxylation sites is 2. The molecule has 3 aliphatic rings. The summed E-state index contributed by atoms with van der Waals surface area (Å²) in [6.45, 7) is 13.1. The quantitative estimate of drug-likeness (QED) is 0.118. The lowest BCUT2D eigenvalue weighted by atomic mass is 9.33. The first-order valence-corrected chi connectivity index (χ1v) is 36.3. The molecule has 0 atom stereocenters. The minimum atomic E-state index is -0.468. The molecule has 101 heavy (non-hydrogen) atoms. The highest BCUT2D eigenvalue weighted by Crippen LogP contribution is 2.54. The lowest BCUT2D eigenvalue weighted by Crippen LogP contribution is -2.61. The van der Waals surface area contributed by atoms with E-state index >= 15 is 0 Å². The SMILES string of the molecule is [2H]/C1=C(\[2H])Cc2c(c3c([2H])c([2H])c([2H])c([2H])c3n2-c2ccc3c(c2)N(c2ccc(C(C)(C)C)cc2-c2ccccc2)c2cc(-c4cccc5c4sc4ccc6sc7ccccc7c6c45)cc4c2B3c2ccc(-n3c5ccccc5c5ccncc53)cc2N4c2ccc(C(C)(C)C)cc2-c2ccccc2)/C([2H])=C(/[2H])C1. The molecule has 1 aliphatic carbocycles. The zero-order valence-corrected chi connectivity index (χ0v) is 58.3. The fraction of sp³-hybridized carbons (Fsp3) is 0.108. The third-order valence-electron chi connectivity index (χ3n) is 21.2. The Kier molecular flexibility index (Phi) is 11.6. The number of anilines is 6. The van der Waals surface area contributed by atoms with Crippen molar-refractivity contribution in [1.82, 2.24) is 14.1 Å². The lowest BCUT2D eigenvalue weighted by Gasteiger charge is -2.45. The topological polar surface area (TPSA) is 29.2 Å². The highest BCUT2D eigenvalue weighted by molar-refractivity contribution is 7.28. The molecule has 0 amide bonds. The Balaban J connectivity index is 0.966. The maximum absolute atomic E-state index is 9.91. The van der Waals surface area contributed by atoms with Crippen LogP contribution in [0.1, 0.15) is 81.3 Å². The van der Waals surface area contributed by atoms with Crippen LogP contribution in [0.4, 0.5) is 34.1 Å². The molecular weight excluding hydrogens is 1260 g/mol. The summed E-state index contributed by atoms with van der Waals surface area (Å²) in [6, 6.07) is 82.3. The molecule has 0 radical (unpaired) electrons. The van der Waals surface area contributed by atoms with Gasteiger partial charge >= 0.3 is 0 Å². The van der Waals surface area contributed by atoms with Gasteiger partial charge in [-0.25, -0.2) is 0 Å². The Morgan fingerprint density at radius 1 is 0.426 bits per heavy atom. The van der Waals surface area contributed by atoms with Crippen molar-refractivity contribution in [3.63, 3.8) is 0 Å². The Labute approximate surface area is 607 Å². The van der Waals surface area contributed by atoms with Gasteiger partial charge in [-0.05, 0) is 164 Å². The molecule has 0 saturated carbocycles. The molecule has 5 aromatic heterocycles. The number of nitrogens with zero attached hydrogens (tertiary/aromatic N) is 5. The third kappa shape index (κ3) is 9.24. The fourth-order valence-electron chi connectivity index (χ4n) is 16.5. The summed E-state index contributed by atoms with van der Waals surface area (Å²) in [7, 11) is 0. The molecule has 0 bridgehead atoms. The largest absolute Gasteiger partial charge is 0.313 e. The van der Waals surface area contributed by atoms with Crippen LogP contribution in [0.2, 0.25) is 0 Å². The second-order valence-electron chi connectivity index (χ2n) is 29.0. The first-order chi connectivity index (χ1) is 52.7. The van der Waals surface area contributed by atoms with Gasteiger partial charge in [0.15, 0.2) is 0 Å². The van der Waals surface area contributed by atoms with Crippen molar-refractivity contribution < 1.29 is 11.0 Å². The summed E-state index contributed by atoms with van der Waals surface area (Å²) in [4.78, 5) is 9.78. The van der Waals surface area contributed by atoms with Crippen LogP contribution in [0.15, 0.2) is 285 Å². The third-order valence-corrected chi connectivity index (χ3v) is 23.5.